The molecular formula is C11H15FN2O3. The molecule has 1 aromatic carbocycles. The maximum absolute atomic E-state index is 13.4. The van der Waals surface area contributed by atoms with Crippen LogP contribution in [0.3, 0.4) is 0 Å². The second-order valence-corrected chi connectivity index (χ2v) is 3.50. The second-order valence-electron chi connectivity index (χ2n) is 3.50. The number of ether oxygens (including phenoxy) is 1. The van der Waals surface area contributed by atoms with E-state index >= 15 is 0 Å². The molecule has 0 unspecified atom stereocenters. The van der Waals surface area contributed by atoms with Gasteiger partial charge in [-0.25, -0.2) is 9.18 Å². The van der Waals surface area contributed by atoms with Crippen LogP contribution >= 0.6 is 0 Å². The van der Waals surface area contributed by atoms with Gasteiger partial charge in [-0.15, -0.1) is 0 Å². The van der Waals surface area contributed by atoms with E-state index in [1.54, 1.807) is 7.11 Å². The van der Waals surface area contributed by atoms with Crippen molar-refractivity contribution in [3.8, 4) is 0 Å². The SMILES string of the molecule is COCCCNc1cc(C(=O)O)c(N)cc1F. The minimum Gasteiger partial charge on any atom is -0.478 e. The molecule has 0 bridgehead atoms. The van der Waals surface area contributed by atoms with E-state index in [4.69, 9.17) is 15.6 Å². The van der Waals surface area contributed by atoms with Crippen molar-refractivity contribution < 1.29 is 19.0 Å². The second kappa shape index (κ2) is 6.05. The van der Waals surface area contributed by atoms with Crippen LogP contribution in [0, 0.1) is 5.82 Å². The van der Waals surface area contributed by atoms with Crippen LogP contribution in [0.15, 0.2) is 12.1 Å². The zero-order valence-electron chi connectivity index (χ0n) is 9.50. The minimum absolute atomic E-state index is 0.0857. The fourth-order valence-corrected chi connectivity index (χ4v) is 1.35. The van der Waals surface area contributed by atoms with Crippen molar-refractivity contribution >= 4 is 17.3 Å². The Morgan fingerprint density at radius 3 is 2.88 bits per heavy atom. The molecule has 0 radical (unpaired) electrons. The van der Waals surface area contributed by atoms with Gasteiger partial charge < -0.3 is 20.9 Å². The van der Waals surface area contributed by atoms with Gasteiger partial charge in [0.15, 0.2) is 0 Å². The fourth-order valence-electron chi connectivity index (χ4n) is 1.35. The van der Waals surface area contributed by atoms with Crippen LogP contribution in [-0.2, 0) is 4.74 Å². The average molecular weight is 242 g/mol. The number of anilines is 2. The monoisotopic (exact) mass is 242 g/mol. The topological polar surface area (TPSA) is 84.6 Å². The first-order valence-electron chi connectivity index (χ1n) is 5.11. The summed E-state index contributed by atoms with van der Waals surface area (Å²) in [4.78, 5) is 10.8. The smallest absolute Gasteiger partial charge is 0.337 e. The molecular weight excluding hydrogens is 227 g/mol. The number of nitrogen functional groups attached to an aromatic ring is 1. The fraction of sp³-hybridized carbons (Fsp3) is 0.364. The normalized spacial score (nSPS) is 10.2. The number of carboxylic acids is 1. The predicted molar refractivity (Wildman–Crippen MR) is 62.8 cm³/mol. The third-order valence-electron chi connectivity index (χ3n) is 2.21. The van der Waals surface area contributed by atoms with Crippen molar-refractivity contribution in [2.24, 2.45) is 0 Å². The lowest BCUT2D eigenvalue weighted by Crippen LogP contribution is -2.09. The number of benzene rings is 1. The van der Waals surface area contributed by atoms with Gasteiger partial charge in [-0.3, -0.25) is 0 Å². The molecule has 0 saturated carbocycles. The molecule has 0 amide bonds. The molecule has 1 rings (SSSR count). The van der Waals surface area contributed by atoms with Crippen molar-refractivity contribution in [2.75, 3.05) is 31.3 Å². The predicted octanol–water partition coefficient (Wildman–Crippen LogP) is 1.55. The van der Waals surface area contributed by atoms with Gasteiger partial charge in [0, 0.05) is 25.9 Å². The van der Waals surface area contributed by atoms with E-state index in [2.05, 4.69) is 5.32 Å². The quantitative estimate of drug-likeness (QED) is 0.520. The summed E-state index contributed by atoms with van der Waals surface area (Å²) in [5.41, 5.74) is 5.33. The molecule has 0 saturated heterocycles. The van der Waals surface area contributed by atoms with Gasteiger partial charge in [0.2, 0.25) is 0 Å². The number of hydrogen-bond donors (Lipinski definition) is 3. The Balaban J connectivity index is 2.77. The number of aromatic carboxylic acids is 1. The summed E-state index contributed by atoms with van der Waals surface area (Å²) >= 11 is 0. The summed E-state index contributed by atoms with van der Waals surface area (Å²) in [5, 5.41) is 11.6. The molecule has 0 aliphatic heterocycles. The highest BCUT2D eigenvalue weighted by molar-refractivity contribution is 5.94. The van der Waals surface area contributed by atoms with E-state index in [0.717, 1.165) is 6.07 Å². The van der Waals surface area contributed by atoms with Gasteiger partial charge in [-0.1, -0.05) is 0 Å². The van der Waals surface area contributed by atoms with Crippen molar-refractivity contribution in [3.63, 3.8) is 0 Å². The molecule has 17 heavy (non-hydrogen) atoms. The zero-order valence-corrected chi connectivity index (χ0v) is 9.50. The summed E-state index contributed by atoms with van der Waals surface area (Å²) in [7, 11) is 1.58. The molecule has 5 nitrogen and oxygen atoms in total. The number of hydrogen-bond acceptors (Lipinski definition) is 4. The van der Waals surface area contributed by atoms with Crippen LogP contribution in [0.5, 0.6) is 0 Å². The number of methoxy groups -OCH3 is 1. The number of nitrogens with two attached hydrogens (primary N) is 1. The van der Waals surface area contributed by atoms with E-state index in [-0.39, 0.29) is 16.9 Å². The summed E-state index contributed by atoms with van der Waals surface area (Å²) < 4.78 is 18.3. The Labute approximate surface area is 98.4 Å². The first-order valence-corrected chi connectivity index (χ1v) is 5.11. The van der Waals surface area contributed by atoms with Crippen LogP contribution in [-0.4, -0.2) is 31.3 Å². The van der Waals surface area contributed by atoms with Gasteiger partial charge in [0.05, 0.1) is 11.3 Å². The van der Waals surface area contributed by atoms with E-state index in [0.29, 0.717) is 19.6 Å². The van der Waals surface area contributed by atoms with Gasteiger partial charge in [-0.05, 0) is 18.6 Å². The lowest BCUT2D eigenvalue weighted by molar-refractivity contribution is 0.0698. The number of halogens is 1. The van der Waals surface area contributed by atoms with Crippen molar-refractivity contribution in [1.29, 1.82) is 0 Å². The molecule has 0 heterocycles. The van der Waals surface area contributed by atoms with Gasteiger partial charge in [-0.2, -0.15) is 0 Å². The molecule has 4 N–H and O–H groups in total. The maximum atomic E-state index is 13.4. The Bertz CT molecular complexity index is 410. The van der Waals surface area contributed by atoms with E-state index in [9.17, 15) is 9.18 Å². The lowest BCUT2D eigenvalue weighted by Gasteiger charge is -2.09. The van der Waals surface area contributed by atoms with Crippen LogP contribution in [0.2, 0.25) is 0 Å². The summed E-state index contributed by atoms with van der Waals surface area (Å²) in [5.74, 6) is -1.74. The van der Waals surface area contributed by atoms with E-state index in [1.165, 1.54) is 6.07 Å². The Kier molecular flexibility index (Phi) is 4.71. The Morgan fingerprint density at radius 1 is 1.59 bits per heavy atom. The van der Waals surface area contributed by atoms with Gasteiger partial charge >= 0.3 is 5.97 Å². The molecule has 0 atom stereocenters. The molecule has 0 spiro atoms. The lowest BCUT2D eigenvalue weighted by atomic mass is 10.1. The van der Waals surface area contributed by atoms with Crippen LogP contribution < -0.4 is 11.1 Å². The van der Waals surface area contributed by atoms with Crippen molar-refractivity contribution in [2.45, 2.75) is 6.42 Å². The van der Waals surface area contributed by atoms with E-state index < -0.39 is 11.8 Å². The molecule has 0 aliphatic carbocycles. The first kappa shape index (κ1) is 13.2. The zero-order chi connectivity index (χ0) is 12.8. The summed E-state index contributed by atoms with van der Waals surface area (Å²) in [6.45, 7) is 1.04. The third kappa shape index (κ3) is 3.60. The minimum atomic E-state index is -1.18. The molecule has 0 aromatic heterocycles. The largest absolute Gasteiger partial charge is 0.478 e. The van der Waals surface area contributed by atoms with E-state index in [1.807, 2.05) is 0 Å². The molecule has 0 aliphatic rings. The first-order chi connectivity index (χ1) is 8.06. The molecule has 1 aromatic rings. The number of carboxylic acid groups (broad SMARTS) is 1. The van der Waals surface area contributed by atoms with Crippen LogP contribution in [0.1, 0.15) is 16.8 Å². The maximum Gasteiger partial charge on any atom is 0.337 e. The summed E-state index contributed by atoms with van der Waals surface area (Å²) in [6, 6.07) is 2.20. The van der Waals surface area contributed by atoms with Gasteiger partial charge in [0.1, 0.15) is 5.82 Å². The third-order valence-corrected chi connectivity index (χ3v) is 2.21. The highest BCUT2D eigenvalue weighted by atomic mass is 19.1. The highest BCUT2D eigenvalue weighted by Crippen LogP contribution is 2.22. The number of carbonyl (C=O) groups is 1. The summed E-state index contributed by atoms with van der Waals surface area (Å²) in [6.07, 6.45) is 0.697. The van der Waals surface area contributed by atoms with Crippen molar-refractivity contribution in [3.05, 3.63) is 23.5 Å². The highest BCUT2D eigenvalue weighted by Gasteiger charge is 2.12. The van der Waals surface area contributed by atoms with Crippen molar-refractivity contribution in [1.82, 2.24) is 0 Å². The molecule has 0 fully saturated rings. The Morgan fingerprint density at radius 2 is 2.29 bits per heavy atom. The standard InChI is InChI=1S/C11H15FN2O3/c1-17-4-2-3-14-10-5-7(11(15)16)9(13)6-8(10)12/h5-6,14H,2-4,13H2,1H3,(H,15,16). The van der Waals surface area contributed by atoms with Crippen LogP contribution in [0.4, 0.5) is 15.8 Å². The molecule has 94 valence electrons. The molecule has 6 heteroatoms. The number of nitrogens with one attached hydrogen (secondary N) is 1. The number of rotatable bonds is 6. The van der Waals surface area contributed by atoms with Gasteiger partial charge in [0.25, 0.3) is 0 Å². The average Bonchev–Trinajstić information content (AvgIpc) is 2.26. The van der Waals surface area contributed by atoms with Crippen LogP contribution in [0.25, 0.3) is 0 Å². The Hall–Kier alpha value is -1.82.